The molecule has 0 radical (unpaired) electrons. The number of para-hydroxylation sites is 1. The maximum absolute atomic E-state index is 13.7. The second kappa shape index (κ2) is 6.79. The minimum atomic E-state index is -0.352. The van der Waals surface area contributed by atoms with E-state index in [1.54, 1.807) is 24.3 Å². The molecular weight excluding hydrogens is 311 g/mol. The van der Waals surface area contributed by atoms with Crippen molar-refractivity contribution in [2.24, 2.45) is 4.99 Å². The molecule has 0 spiro atoms. The average Bonchev–Trinajstić information content (AvgIpc) is 2.89. The first-order valence-corrected chi connectivity index (χ1v) is 8.11. The first kappa shape index (κ1) is 15.5. The SMILES string of the molecule is CCc1ccccc1N=C1NC(=O)/C(=C/c2ccccc2F)S1. The van der Waals surface area contributed by atoms with Gasteiger partial charge in [-0.1, -0.05) is 43.3 Å². The van der Waals surface area contributed by atoms with Crippen molar-refractivity contribution < 1.29 is 9.18 Å². The number of nitrogens with one attached hydrogen (secondary N) is 1. The Kier molecular flexibility index (Phi) is 4.57. The number of nitrogens with zero attached hydrogens (tertiary/aromatic N) is 1. The van der Waals surface area contributed by atoms with Gasteiger partial charge in [0, 0.05) is 5.56 Å². The highest BCUT2D eigenvalue weighted by Gasteiger charge is 2.24. The van der Waals surface area contributed by atoms with Crippen molar-refractivity contribution in [3.05, 3.63) is 70.4 Å². The Morgan fingerprint density at radius 2 is 1.91 bits per heavy atom. The van der Waals surface area contributed by atoms with Crippen LogP contribution in [0.3, 0.4) is 0 Å². The van der Waals surface area contributed by atoms with Crippen LogP contribution >= 0.6 is 11.8 Å². The molecule has 2 aromatic carbocycles. The van der Waals surface area contributed by atoms with Crippen LogP contribution < -0.4 is 5.32 Å². The number of hydrogen-bond acceptors (Lipinski definition) is 3. The summed E-state index contributed by atoms with van der Waals surface area (Å²) in [5, 5.41) is 3.24. The molecule has 0 atom stereocenters. The fraction of sp³-hybridized carbons (Fsp3) is 0.111. The summed E-state index contributed by atoms with van der Waals surface area (Å²) in [5.41, 5.74) is 2.34. The first-order valence-electron chi connectivity index (χ1n) is 7.29. The van der Waals surface area contributed by atoms with Crippen LogP contribution in [0.5, 0.6) is 0 Å². The van der Waals surface area contributed by atoms with E-state index in [1.165, 1.54) is 17.8 Å². The van der Waals surface area contributed by atoms with Gasteiger partial charge in [0.05, 0.1) is 10.6 Å². The quantitative estimate of drug-likeness (QED) is 0.855. The second-order valence-electron chi connectivity index (χ2n) is 4.99. The van der Waals surface area contributed by atoms with Gasteiger partial charge in [0.2, 0.25) is 0 Å². The lowest BCUT2D eigenvalue weighted by atomic mass is 10.1. The van der Waals surface area contributed by atoms with E-state index in [2.05, 4.69) is 17.2 Å². The van der Waals surface area contributed by atoms with Gasteiger partial charge in [0.25, 0.3) is 5.91 Å². The number of thioether (sulfide) groups is 1. The van der Waals surface area contributed by atoms with E-state index >= 15 is 0 Å². The van der Waals surface area contributed by atoms with E-state index in [-0.39, 0.29) is 11.7 Å². The topological polar surface area (TPSA) is 41.5 Å². The number of benzene rings is 2. The van der Waals surface area contributed by atoms with Crippen LogP contribution in [0.15, 0.2) is 58.4 Å². The van der Waals surface area contributed by atoms with Gasteiger partial charge < -0.3 is 5.32 Å². The number of aryl methyl sites for hydroxylation is 1. The van der Waals surface area contributed by atoms with E-state index in [1.807, 2.05) is 24.3 Å². The zero-order valence-corrected chi connectivity index (χ0v) is 13.4. The second-order valence-corrected chi connectivity index (χ2v) is 6.02. The number of halogens is 1. The minimum Gasteiger partial charge on any atom is -0.300 e. The molecule has 3 nitrogen and oxygen atoms in total. The summed E-state index contributed by atoms with van der Waals surface area (Å²) in [6, 6.07) is 14.2. The van der Waals surface area contributed by atoms with Gasteiger partial charge in [0.15, 0.2) is 5.17 Å². The molecule has 1 aliphatic rings. The molecule has 23 heavy (non-hydrogen) atoms. The Labute approximate surface area is 138 Å². The molecule has 1 amide bonds. The highest BCUT2D eigenvalue weighted by molar-refractivity contribution is 8.18. The number of carbonyl (C=O) groups is 1. The van der Waals surface area contributed by atoms with Gasteiger partial charge >= 0.3 is 0 Å². The average molecular weight is 326 g/mol. The fourth-order valence-corrected chi connectivity index (χ4v) is 3.07. The van der Waals surface area contributed by atoms with Gasteiger partial charge in [-0.3, -0.25) is 4.79 Å². The van der Waals surface area contributed by atoms with E-state index in [4.69, 9.17) is 0 Å². The van der Waals surface area contributed by atoms with Gasteiger partial charge in [-0.25, -0.2) is 9.38 Å². The maximum Gasteiger partial charge on any atom is 0.264 e. The molecule has 0 unspecified atom stereocenters. The Morgan fingerprint density at radius 1 is 1.17 bits per heavy atom. The monoisotopic (exact) mass is 326 g/mol. The number of amidine groups is 1. The number of carbonyl (C=O) groups excluding carboxylic acids is 1. The van der Waals surface area contributed by atoms with Gasteiger partial charge in [-0.15, -0.1) is 0 Å². The predicted octanol–water partition coefficient (Wildman–Crippen LogP) is 4.28. The summed E-state index contributed by atoms with van der Waals surface area (Å²) in [5.74, 6) is -0.610. The summed E-state index contributed by atoms with van der Waals surface area (Å²) in [7, 11) is 0. The standard InChI is InChI=1S/C18H15FN2OS/c1-2-12-7-4-6-10-15(12)20-18-21-17(22)16(23-18)11-13-8-3-5-9-14(13)19/h3-11H,2H2,1H3,(H,20,21,22)/b16-11-. The van der Waals surface area contributed by atoms with Crippen molar-refractivity contribution in [2.75, 3.05) is 0 Å². The van der Waals surface area contributed by atoms with Crippen LogP contribution in [-0.4, -0.2) is 11.1 Å². The maximum atomic E-state index is 13.7. The molecule has 1 heterocycles. The fourth-order valence-electron chi connectivity index (χ4n) is 2.24. The lowest BCUT2D eigenvalue weighted by molar-refractivity contribution is -0.115. The molecule has 0 bridgehead atoms. The molecule has 1 fully saturated rings. The molecule has 1 N–H and O–H groups in total. The molecule has 1 saturated heterocycles. The van der Waals surface area contributed by atoms with Crippen molar-refractivity contribution in [3.8, 4) is 0 Å². The molecule has 0 aliphatic carbocycles. The third kappa shape index (κ3) is 3.51. The predicted molar refractivity (Wildman–Crippen MR) is 93.0 cm³/mol. The minimum absolute atomic E-state index is 0.258. The van der Waals surface area contributed by atoms with Crippen molar-refractivity contribution in [1.82, 2.24) is 5.32 Å². The third-order valence-electron chi connectivity index (χ3n) is 3.44. The smallest absolute Gasteiger partial charge is 0.264 e. The third-order valence-corrected chi connectivity index (χ3v) is 4.35. The van der Waals surface area contributed by atoms with Crippen molar-refractivity contribution in [2.45, 2.75) is 13.3 Å². The van der Waals surface area contributed by atoms with Gasteiger partial charge in [0.1, 0.15) is 5.82 Å². The summed E-state index contributed by atoms with van der Waals surface area (Å²) >= 11 is 1.22. The zero-order valence-electron chi connectivity index (χ0n) is 12.5. The lowest BCUT2D eigenvalue weighted by Crippen LogP contribution is -2.19. The van der Waals surface area contributed by atoms with Crippen LogP contribution in [0.25, 0.3) is 6.08 Å². The largest absolute Gasteiger partial charge is 0.300 e. The summed E-state index contributed by atoms with van der Waals surface area (Å²) in [6.07, 6.45) is 2.41. The highest BCUT2D eigenvalue weighted by atomic mass is 32.2. The number of rotatable bonds is 3. The summed E-state index contributed by atoms with van der Waals surface area (Å²) in [6.45, 7) is 2.06. The first-order chi connectivity index (χ1) is 11.2. The lowest BCUT2D eigenvalue weighted by Gasteiger charge is -2.02. The van der Waals surface area contributed by atoms with Crippen molar-refractivity contribution in [1.29, 1.82) is 0 Å². The van der Waals surface area contributed by atoms with E-state index in [0.29, 0.717) is 15.6 Å². The van der Waals surface area contributed by atoms with E-state index in [9.17, 15) is 9.18 Å². The molecule has 5 heteroatoms. The van der Waals surface area contributed by atoms with Crippen LogP contribution in [-0.2, 0) is 11.2 Å². The normalized spacial score (nSPS) is 17.7. The number of amides is 1. The molecule has 0 saturated carbocycles. The van der Waals surface area contributed by atoms with E-state index < -0.39 is 0 Å². The Bertz CT molecular complexity index is 814. The van der Waals surface area contributed by atoms with Crippen LogP contribution in [0, 0.1) is 5.82 Å². The molecular formula is C18H15FN2OS. The van der Waals surface area contributed by atoms with Crippen molar-refractivity contribution in [3.63, 3.8) is 0 Å². The van der Waals surface area contributed by atoms with Gasteiger partial charge in [-0.2, -0.15) is 0 Å². The zero-order chi connectivity index (χ0) is 16.2. The number of hydrogen-bond donors (Lipinski definition) is 1. The van der Waals surface area contributed by atoms with Crippen LogP contribution in [0.2, 0.25) is 0 Å². The molecule has 3 rings (SSSR count). The van der Waals surface area contributed by atoms with Crippen molar-refractivity contribution >= 4 is 34.6 Å². The van der Waals surface area contributed by atoms with Crippen LogP contribution in [0.4, 0.5) is 10.1 Å². The molecule has 1 aliphatic heterocycles. The van der Waals surface area contributed by atoms with Gasteiger partial charge in [-0.05, 0) is 42.0 Å². The summed E-state index contributed by atoms with van der Waals surface area (Å²) < 4.78 is 13.7. The van der Waals surface area contributed by atoms with Crippen LogP contribution in [0.1, 0.15) is 18.1 Å². The highest BCUT2D eigenvalue weighted by Crippen LogP contribution is 2.29. The van der Waals surface area contributed by atoms with E-state index in [0.717, 1.165) is 17.7 Å². The molecule has 116 valence electrons. The summed E-state index contributed by atoms with van der Waals surface area (Å²) in [4.78, 5) is 17.0. The Hall–Kier alpha value is -2.40. The molecule has 0 aromatic heterocycles. The molecule has 2 aromatic rings. The Balaban J connectivity index is 1.88. The number of aliphatic imine (C=N–C) groups is 1. The Morgan fingerprint density at radius 3 is 2.70 bits per heavy atom.